The van der Waals surface area contributed by atoms with Gasteiger partial charge in [-0.3, -0.25) is 9.59 Å². The van der Waals surface area contributed by atoms with Gasteiger partial charge in [0, 0.05) is 37.0 Å². The minimum absolute atomic E-state index is 0.0404. The van der Waals surface area contributed by atoms with Crippen LogP contribution in [0.4, 0.5) is 0 Å². The Labute approximate surface area is 209 Å². The van der Waals surface area contributed by atoms with E-state index in [4.69, 9.17) is 9.47 Å². The van der Waals surface area contributed by atoms with Crippen molar-refractivity contribution in [3.63, 3.8) is 0 Å². The average molecular weight is 481 g/mol. The van der Waals surface area contributed by atoms with Gasteiger partial charge in [0.05, 0.1) is 14.2 Å². The number of nitrogens with zero attached hydrogens (tertiary/aromatic N) is 1. The van der Waals surface area contributed by atoms with Gasteiger partial charge in [-0.25, -0.2) is 0 Å². The molecule has 2 amide bonds. The molecule has 1 heterocycles. The molecule has 1 aromatic carbocycles. The third-order valence-electron chi connectivity index (χ3n) is 10.3. The molecular formula is C29H40N2O4. The largest absolute Gasteiger partial charge is 0.497 e. The van der Waals surface area contributed by atoms with Crippen molar-refractivity contribution in [1.29, 1.82) is 0 Å². The van der Waals surface area contributed by atoms with E-state index in [2.05, 4.69) is 25.2 Å². The molecule has 5 rings (SSSR count). The minimum atomic E-state index is 0.0404. The van der Waals surface area contributed by atoms with Gasteiger partial charge in [0.2, 0.25) is 11.8 Å². The number of likely N-dealkylation sites (N-methyl/N-ethyl adjacent to an activating group) is 1. The summed E-state index contributed by atoms with van der Waals surface area (Å²) < 4.78 is 10.8. The van der Waals surface area contributed by atoms with Crippen LogP contribution < -0.4 is 14.8 Å². The first kappa shape index (κ1) is 24.2. The summed E-state index contributed by atoms with van der Waals surface area (Å²) in [5.41, 5.74) is 1.06. The van der Waals surface area contributed by atoms with Gasteiger partial charge >= 0.3 is 0 Å². The predicted molar refractivity (Wildman–Crippen MR) is 135 cm³/mol. The zero-order valence-electron chi connectivity index (χ0n) is 21.8. The van der Waals surface area contributed by atoms with Crippen LogP contribution in [0.25, 0.3) is 0 Å². The van der Waals surface area contributed by atoms with Crippen LogP contribution in [0.3, 0.4) is 0 Å². The second-order valence-corrected chi connectivity index (χ2v) is 11.7. The van der Waals surface area contributed by atoms with Gasteiger partial charge in [0.25, 0.3) is 0 Å². The molecule has 4 aliphatic rings. The van der Waals surface area contributed by atoms with Crippen LogP contribution in [0.5, 0.6) is 11.5 Å². The molecule has 0 spiro atoms. The van der Waals surface area contributed by atoms with Crippen molar-refractivity contribution in [2.75, 3.05) is 21.3 Å². The first-order chi connectivity index (χ1) is 16.7. The van der Waals surface area contributed by atoms with Crippen molar-refractivity contribution >= 4 is 11.8 Å². The van der Waals surface area contributed by atoms with Gasteiger partial charge in [0.15, 0.2) is 0 Å². The van der Waals surface area contributed by atoms with Crippen LogP contribution in [-0.2, 0) is 16.1 Å². The number of hydrogen-bond acceptors (Lipinski definition) is 4. The Morgan fingerprint density at radius 2 is 1.74 bits per heavy atom. The van der Waals surface area contributed by atoms with E-state index < -0.39 is 0 Å². The molecule has 6 heteroatoms. The van der Waals surface area contributed by atoms with E-state index >= 15 is 0 Å². The Morgan fingerprint density at radius 3 is 2.43 bits per heavy atom. The molecule has 0 aromatic heterocycles. The number of hydrogen-bond donors (Lipinski definition) is 1. The Kier molecular flexibility index (Phi) is 6.13. The number of benzene rings is 1. The normalized spacial score (nSPS) is 37.8. The molecule has 0 radical (unpaired) electrons. The Hall–Kier alpha value is -2.50. The fourth-order valence-corrected chi connectivity index (χ4v) is 8.45. The van der Waals surface area contributed by atoms with E-state index in [0.717, 1.165) is 55.6 Å². The van der Waals surface area contributed by atoms with Gasteiger partial charge < -0.3 is 19.7 Å². The molecule has 7 atom stereocenters. The molecular weight excluding hydrogens is 440 g/mol. The summed E-state index contributed by atoms with van der Waals surface area (Å²) in [6.07, 6.45) is 10.5. The van der Waals surface area contributed by atoms with Crippen molar-refractivity contribution in [2.45, 2.75) is 65.0 Å². The fourth-order valence-electron chi connectivity index (χ4n) is 8.45. The molecule has 0 bridgehead atoms. The second kappa shape index (κ2) is 8.86. The highest BCUT2D eigenvalue weighted by Crippen LogP contribution is 2.65. The van der Waals surface area contributed by atoms with Crippen LogP contribution in [0.2, 0.25) is 0 Å². The number of methoxy groups -OCH3 is 2. The summed E-state index contributed by atoms with van der Waals surface area (Å²) in [4.78, 5) is 27.8. The van der Waals surface area contributed by atoms with E-state index in [-0.39, 0.29) is 28.6 Å². The summed E-state index contributed by atoms with van der Waals surface area (Å²) in [5, 5.41) is 3.23. The first-order valence-electron chi connectivity index (χ1n) is 13.2. The van der Waals surface area contributed by atoms with Crippen LogP contribution in [0.15, 0.2) is 30.4 Å². The van der Waals surface area contributed by atoms with Crippen LogP contribution >= 0.6 is 0 Å². The number of nitrogens with one attached hydrogen (secondary N) is 1. The number of fused-ring (bicyclic) bond motifs is 5. The summed E-state index contributed by atoms with van der Waals surface area (Å²) in [6.45, 7) is 5.22. The maximum Gasteiger partial charge on any atom is 0.246 e. The third-order valence-corrected chi connectivity index (χ3v) is 10.3. The first-order valence-corrected chi connectivity index (χ1v) is 13.2. The van der Waals surface area contributed by atoms with Gasteiger partial charge in [-0.2, -0.15) is 0 Å². The van der Waals surface area contributed by atoms with E-state index in [9.17, 15) is 9.59 Å². The molecule has 6 nitrogen and oxygen atoms in total. The van der Waals surface area contributed by atoms with Crippen molar-refractivity contribution < 1.29 is 19.1 Å². The topological polar surface area (TPSA) is 67.9 Å². The Balaban J connectivity index is 1.30. The van der Waals surface area contributed by atoms with Crippen molar-refractivity contribution in [3.8, 4) is 11.5 Å². The zero-order valence-corrected chi connectivity index (χ0v) is 21.8. The van der Waals surface area contributed by atoms with E-state index in [0.29, 0.717) is 30.3 Å². The summed E-state index contributed by atoms with van der Waals surface area (Å²) in [6, 6.07) is 6.04. The van der Waals surface area contributed by atoms with Crippen LogP contribution in [0, 0.1) is 34.5 Å². The summed E-state index contributed by atoms with van der Waals surface area (Å²) in [7, 11) is 5.25. The number of rotatable bonds is 5. The maximum absolute atomic E-state index is 13.5. The highest BCUT2D eigenvalue weighted by atomic mass is 16.5. The Morgan fingerprint density at radius 1 is 1.03 bits per heavy atom. The molecule has 3 saturated carbocycles. The monoisotopic (exact) mass is 480 g/mol. The van der Waals surface area contributed by atoms with Gasteiger partial charge in [-0.1, -0.05) is 19.9 Å². The van der Waals surface area contributed by atoms with Crippen LogP contribution in [0.1, 0.15) is 57.9 Å². The van der Waals surface area contributed by atoms with Gasteiger partial charge in [-0.15, -0.1) is 0 Å². The lowest BCUT2D eigenvalue weighted by Gasteiger charge is -2.60. The molecule has 0 saturated heterocycles. The quantitative estimate of drug-likeness (QED) is 0.670. The Bertz CT molecular complexity index is 1020. The fraction of sp³-hybridized carbons (Fsp3) is 0.655. The van der Waals surface area contributed by atoms with Gasteiger partial charge in [-0.05, 0) is 85.5 Å². The van der Waals surface area contributed by atoms with E-state index in [1.165, 1.54) is 0 Å². The molecule has 0 unspecified atom stereocenters. The SMILES string of the molecule is COc1cc(CNC(=O)[C@H]2CC[C@H]3[C@@H]4CC[C@H]5N(C)C(=O)C=C[C@]5(C)[C@H]4CC[C@]23C)cc(OC)c1. The lowest BCUT2D eigenvalue weighted by Crippen LogP contribution is -2.59. The number of carbonyl (C=O) groups is 2. The molecule has 190 valence electrons. The highest BCUT2D eigenvalue weighted by Gasteiger charge is 2.61. The maximum atomic E-state index is 13.5. The lowest BCUT2D eigenvalue weighted by atomic mass is 9.47. The summed E-state index contributed by atoms with van der Waals surface area (Å²) >= 11 is 0. The van der Waals surface area contributed by atoms with Crippen molar-refractivity contribution in [2.24, 2.45) is 34.5 Å². The molecule has 35 heavy (non-hydrogen) atoms. The van der Waals surface area contributed by atoms with Gasteiger partial charge in [0.1, 0.15) is 11.5 Å². The van der Waals surface area contributed by atoms with Crippen molar-refractivity contribution in [1.82, 2.24) is 10.2 Å². The third kappa shape index (κ3) is 3.84. The second-order valence-electron chi connectivity index (χ2n) is 11.7. The molecule has 1 aliphatic heterocycles. The van der Waals surface area contributed by atoms with Crippen LogP contribution in [-0.4, -0.2) is 44.0 Å². The number of amides is 2. The minimum Gasteiger partial charge on any atom is -0.497 e. The molecule has 3 fully saturated rings. The predicted octanol–water partition coefficient (Wildman–Crippen LogP) is 4.58. The highest BCUT2D eigenvalue weighted by molar-refractivity contribution is 5.89. The smallest absolute Gasteiger partial charge is 0.246 e. The van der Waals surface area contributed by atoms with E-state index in [1.54, 1.807) is 20.3 Å². The molecule has 1 aromatic rings. The number of carbonyl (C=O) groups excluding carboxylic acids is 2. The zero-order chi connectivity index (χ0) is 25.0. The molecule has 1 N–H and O–H groups in total. The van der Waals surface area contributed by atoms with E-state index in [1.807, 2.05) is 30.1 Å². The average Bonchev–Trinajstić information content (AvgIpc) is 3.22. The lowest BCUT2D eigenvalue weighted by molar-refractivity contribution is -0.142. The standard InChI is InChI=1S/C29H40N2O4/c1-28-12-10-23-21(6-9-25-29(23,2)13-11-26(32)31(25)3)22(28)7-8-24(28)27(33)30-17-18-14-19(34-4)16-20(15-18)35-5/h11,13-16,21-25H,6-10,12,17H2,1-5H3,(H,30,33)/t21-,22-,23-,24+,25+,28-,29+/m0/s1. The number of ether oxygens (including phenoxy) is 2. The molecule has 3 aliphatic carbocycles. The summed E-state index contributed by atoms with van der Waals surface area (Å²) in [5.74, 6) is 3.61. The van der Waals surface area contributed by atoms with Crippen molar-refractivity contribution in [3.05, 3.63) is 35.9 Å².